The second-order valence-corrected chi connectivity index (χ2v) is 9.15. The molecule has 1 aromatic carbocycles. The number of methoxy groups -OCH3 is 1. The number of aliphatic imine (C=N–C) groups is 1. The molecule has 1 aromatic rings. The van der Waals surface area contributed by atoms with Crippen LogP contribution in [0.5, 0.6) is 5.75 Å². The lowest BCUT2D eigenvalue weighted by molar-refractivity contribution is -0.0835. The van der Waals surface area contributed by atoms with E-state index in [4.69, 9.17) is 9.47 Å². The molecule has 0 radical (unpaired) electrons. The maximum atomic E-state index is 6.11. The Morgan fingerprint density at radius 1 is 1.30 bits per heavy atom. The molecule has 1 fully saturated rings. The highest BCUT2D eigenvalue weighted by atomic mass is 127. The number of hydrogen-bond donors (Lipinski definition) is 2. The summed E-state index contributed by atoms with van der Waals surface area (Å²) < 4.78 is 11.5. The van der Waals surface area contributed by atoms with Gasteiger partial charge in [-0.3, -0.25) is 4.99 Å². The summed E-state index contributed by atoms with van der Waals surface area (Å²) in [4.78, 5) is 6.64. The van der Waals surface area contributed by atoms with Gasteiger partial charge in [0, 0.05) is 32.7 Å². The maximum Gasteiger partial charge on any atom is 0.191 e. The minimum atomic E-state index is 0. The van der Waals surface area contributed by atoms with Gasteiger partial charge in [-0.2, -0.15) is 0 Å². The largest absolute Gasteiger partial charge is 0.497 e. The molecule has 2 rings (SSSR count). The summed E-state index contributed by atoms with van der Waals surface area (Å²) in [5, 5.41) is 7.02. The van der Waals surface area contributed by atoms with Gasteiger partial charge >= 0.3 is 0 Å². The predicted octanol–water partition coefficient (Wildman–Crippen LogP) is 3.92. The Kier molecular flexibility index (Phi) is 11.4. The van der Waals surface area contributed by atoms with Crippen molar-refractivity contribution in [3.05, 3.63) is 29.8 Å². The molecule has 1 saturated heterocycles. The van der Waals surface area contributed by atoms with E-state index in [0.29, 0.717) is 5.92 Å². The van der Waals surface area contributed by atoms with E-state index < -0.39 is 0 Å². The van der Waals surface area contributed by atoms with Crippen molar-refractivity contribution in [1.29, 1.82) is 0 Å². The first-order chi connectivity index (χ1) is 13.8. The molecule has 3 atom stereocenters. The Hall–Kier alpha value is -1.06. The SMILES string of the molecule is CN=C(NCC1CCCOC1C(C)(C)C)NCC(c1cccc(OC)c1)N(C)C.I. The van der Waals surface area contributed by atoms with Gasteiger partial charge < -0.3 is 25.0 Å². The molecule has 1 heterocycles. The van der Waals surface area contributed by atoms with Crippen LogP contribution in [-0.2, 0) is 4.74 Å². The Labute approximate surface area is 200 Å². The van der Waals surface area contributed by atoms with Crippen LogP contribution in [0.15, 0.2) is 29.3 Å². The second kappa shape index (κ2) is 12.7. The van der Waals surface area contributed by atoms with Crippen LogP contribution in [0.25, 0.3) is 0 Å². The van der Waals surface area contributed by atoms with Gasteiger partial charge in [-0.25, -0.2) is 0 Å². The summed E-state index contributed by atoms with van der Waals surface area (Å²) in [5.74, 6) is 2.20. The molecule has 0 aliphatic carbocycles. The van der Waals surface area contributed by atoms with Crippen LogP contribution in [0.2, 0.25) is 0 Å². The van der Waals surface area contributed by atoms with Crippen LogP contribution in [0.1, 0.15) is 45.2 Å². The van der Waals surface area contributed by atoms with Crippen LogP contribution in [-0.4, -0.2) is 64.9 Å². The third-order valence-corrected chi connectivity index (χ3v) is 5.62. The molecular weight excluding hydrogens is 491 g/mol. The lowest BCUT2D eigenvalue weighted by Gasteiger charge is -2.40. The number of halogens is 1. The van der Waals surface area contributed by atoms with Gasteiger partial charge in [0.05, 0.1) is 19.3 Å². The number of ether oxygens (including phenoxy) is 2. The van der Waals surface area contributed by atoms with E-state index in [1.165, 1.54) is 12.0 Å². The van der Waals surface area contributed by atoms with Crippen molar-refractivity contribution in [2.75, 3.05) is 47.9 Å². The van der Waals surface area contributed by atoms with Crippen LogP contribution in [0, 0.1) is 11.3 Å². The minimum absolute atomic E-state index is 0. The van der Waals surface area contributed by atoms with E-state index in [1.807, 2.05) is 19.2 Å². The molecule has 0 aromatic heterocycles. The maximum absolute atomic E-state index is 6.11. The summed E-state index contributed by atoms with van der Waals surface area (Å²) >= 11 is 0. The Balaban J connectivity index is 0.00000450. The number of likely N-dealkylation sites (N-methyl/N-ethyl adjacent to an activating group) is 1. The summed E-state index contributed by atoms with van der Waals surface area (Å²) in [6.07, 6.45) is 2.59. The van der Waals surface area contributed by atoms with Crippen LogP contribution in [0.3, 0.4) is 0 Å². The van der Waals surface area contributed by atoms with Gasteiger partial charge in [0.1, 0.15) is 5.75 Å². The van der Waals surface area contributed by atoms with Crippen molar-refractivity contribution in [1.82, 2.24) is 15.5 Å². The lowest BCUT2D eigenvalue weighted by atomic mass is 9.78. The summed E-state index contributed by atoms with van der Waals surface area (Å²) in [6.45, 7) is 9.28. The van der Waals surface area contributed by atoms with Crippen LogP contribution in [0.4, 0.5) is 0 Å². The fraction of sp³-hybridized carbons (Fsp3) is 0.696. The molecular formula is C23H41IN4O2. The fourth-order valence-corrected chi connectivity index (χ4v) is 4.10. The molecule has 0 saturated carbocycles. The van der Waals surface area contributed by atoms with Gasteiger partial charge in [0.15, 0.2) is 5.96 Å². The normalized spacial score (nSPS) is 21.0. The smallest absolute Gasteiger partial charge is 0.191 e. The summed E-state index contributed by atoms with van der Waals surface area (Å²) in [6, 6.07) is 8.45. The number of nitrogens with zero attached hydrogens (tertiary/aromatic N) is 2. The van der Waals surface area contributed by atoms with E-state index in [2.05, 4.69) is 67.5 Å². The highest BCUT2D eigenvalue weighted by Gasteiger charge is 2.35. The molecule has 0 amide bonds. The number of nitrogens with one attached hydrogen (secondary N) is 2. The van der Waals surface area contributed by atoms with Crippen molar-refractivity contribution in [2.24, 2.45) is 16.3 Å². The number of guanidine groups is 1. The Morgan fingerprint density at radius 3 is 2.63 bits per heavy atom. The Bertz CT molecular complexity index is 661. The molecule has 2 N–H and O–H groups in total. The van der Waals surface area contributed by atoms with Gasteiger partial charge in [-0.15, -0.1) is 24.0 Å². The predicted molar refractivity (Wildman–Crippen MR) is 136 cm³/mol. The standard InChI is InChI=1S/C23H40N4O2.HI/c1-23(2,3)21-18(11-9-13-29-21)15-25-22(24-4)26-16-20(27(5)6)17-10-8-12-19(14-17)28-7;/h8,10,12,14,18,20-21H,9,11,13,15-16H2,1-7H3,(H2,24,25,26);1H. The van der Waals surface area contributed by atoms with Crippen molar-refractivity contribution in [3.8, 4) is 5.75 Å². The van der Waals surface area contributed by atoms with E-state index in [0.717, 1.165) is 37.8 Å². The lowest BCUT2D eigenvalue weighted by Crippen LogP contribution is -2.48. The van der Waals surface area contributed by atoms with E-state index in [1.54, 1.807) is 7.11 Å². The average molecular weight is 533 g/mol. The molecule has 30 heavy (non-hydrogen) atoms. The molecule has 3 unspecified atom stereocenters. The first-order valence-corrected chi connectivity index (χ1v) is 10.6. The van der Waals surface area contributed by atoms with Gasteiger partial charge in [-0.05, 0) is 50.0 Å². The van der Waals surface area contributed by atoms with E-state index in [9.17, 15) is 0 Å². The molecule has 172 valence electrons. The molecule has 6 nitrogen and oxygen atoms in total. The van der Waals surface area contributed by atoms with Crippen LogP contribution >= 0.6 is 24.0 Å². The number of benzene rings is 1. The quantitative estimate of drug-likeness (QED) is 0.317. The molecule has 0 bridgehead atoms. The molecule has 1 aliphatic rings. The zero-order valence-corrected chi connectivity index (χ0v) is 22.0. The highest BCUT2D eigenvalue weighted by Crippen LogP contribution is 2.33. The first kappa shape index (κ1) is 27.0. The highest BCUT2D eigenvalue weighted by molar-refractivity contribution is 14.0. The van der Waals surface area contributed by atoms with Crippen molar-refractivity contribution < 1.29 is 9.47 Å². The number of hydrogen-bond acceptors (Lipinski definition) is 4. The molecule has 7 heteroatoms. The summed E-state index contributed by atoms with van der Waals surface area (Å²) in [7, 11) is 7.71. The fourth-order valence-electron chi connectivity index (χ4n) is 4.10. The van der Waals surface area contributed by atoms with Crippen LogP contribution < -0.4 is 15.4 Å². The topological polar surface area (TPSA) is 58.1 Å². The van der Waals surface area contributed by atoms with Crippen molar-refractivity contribution >= 4 is 29.9 Å². The second-order valence-electron chi connectivity index (χ2n) is 9.15. The minimum Gasteiger partial charge on any atom is -0.497 e. The number of rotatable bonds is 7. The van der Waals surface area contributed by atoms with E-state index >= 15 is 0 Å². The first-order valence-electron chi connectivity index (χ1n) is 10.6. The molecule has 1 aliphatic heterocycles. The third kappa shape index (κ3) is 7.89. The molecule has 0 spiro atoms. The van der Waals surface area contributed by atoms with Gasteiger partial charge in [-0.1, -0.05) is 32.9 Å². The van der Waals surface area contributed by atoms with Crippen molar-refractivity contribution in [2.45, 2.75) is 45.8 Å². The van der Waals surface area contributed by atoms with Gasteiger partial charge in [0.2, 0.25) is 0 Å². The average Bonchev–Trinajstić information content (AvgIpc) is 2.70. The van der Waals surface area contributed by atoms with Gasteiger partial charge in [0.25, 0.3) is 0 Å². The summed E-state index contributed by atoms with van der Waals surface area (Å²) in [5.41, 5.74) is 1.36. The Morgan fingerprint density at radius 2 is 2.03 bits per heavy atom. The van der Waals surface area contributed by atoms with E-state index in [-0.39, 0.29) is 41.5 Å². The zero-order valence-electron chi connectivity index (χ0n) is 19.7. The third-order valence-electron chi connectivity index (χ3n) is 5.62. The zero-order chi connectivity index (χ0) is 21.4. The monoisotopic (exact) mass is 532 g/mol. The van der Waals surface area contributed by atoms with Crippen molar-refractivity contribution in [3.63, 3.8) is 0 Å².